The minimum absolute atomic E-state index is 0.0415. The van der Waals surface area contributed by atoms with Gasteiger partial charge in [0.15, 0.2) is 5.78 Å². The third kappa shape index (κ3) is 4.58. The second-order valence-corrected chi connectivity index (χ2v) is 10.4. The van der Waals surface area contributed by atoms with E-state index in [4.69, 9.17) is 0 Å². The van der Waals surface area contributed by atoms with Crippen LogP contribution in [0.1, 0.15) is 54.8 Å². The van der Waals surface area contributed by atoms with Crippen LogP contribution in [0.4, 0.5) is 0 Å². The van der Waals surface area contributed by atoms with Gasteiger partial charge in [0.05, 0.1) is 16.1 Å². The Labute approximate surface area is 224 Å². The number of rotatable bonds is 5. The first kappa shape index (κ1) is 24.9. The molecule has 0 aromatic heterocycles. The van der Waals surface area contributed by atoms with Crippen molar-refractivity contribution in [2.24, 2.45) is 0 Å². The van der Waals surface area contributed by atoms with Gasteiger partial charge in [-0.25, -0.2) is 0 Å². The molecule has 1 spiro atoms. The van der Waals surface area contributed by atoms with Crippen molar-refractivity contribution in [3.8, 4) is 6.07 Å². The first-order chi connectivity index (χ1) is 17.9. The van der Waals surface area contributed by atoms with Gasteiger partial charge in [-0.05, 0) is 76.3 Å². The standard InChI is InChI=1S/C30H26BrN3O3/c31-26-25(21-7-3-1-4-8-21)30(17-15-24(35)16-18-30)34(29(26)37)27(22-13-11-20(19-32)12-14-22)28(36)33-23-9-5-2-6-10-23/h1,3-4,7-8,11-18,23,27H,2,5-6,9-10H2,(H,33,36). The number of nitriles is 1. The molecule has 1 unspecified atom stereocenters. The lowest BCUT2D eigenvalue weighted by atomic mass is 9.81. The molecule has 0 radical (unpaired) electrons. The lowest BCUT2D eigenvalue weighted by molar-refractivity contribution is -0.139. The van der Waals surface area contributed by atoms with Crippen molar-refractivity contribution < 1.29 is 14.4 Å². The molecule has 5 rings (SSSR count). The van der Waals surface area contributed by atoms with E-state index in [1.54, 1.807) is 41.3 Å². The van der Waals surface area contributed by atoms with Crippen LogP contribution < -0.4 is 5.32 Å². The summed E-state index contributed by atoms with van der Waals surface area (Å²) in [6.07, 6.45) is 11.4. The second-order valence-electron chi connectivity index (χ2n) is 9.60. The number of carbonyl (C=O) groups excluding carboxylic acids is 3. The average Bonchev–Trinajstić information content (AvgIpc) is 3.13. The summed E-state index contributed by atoms with van der Waals surface area (Å²) in [5.41, 5.74) is 1.37. The van der Waals surface area contributed by atoms with Gasteiger partial charge in [0.2, 0.25) is 5.91 Å². The number of allylic oxidation sites excluding steroid dienone is 2. The molecule has 1 heterocycles. The largest absolute Gasteiger partial charge is 0.351 e. The first-order valence-corrected chi connectivity index (χ1v) is 13.3. The molecular weight excluding hydrogens is 530 g/mol. The monoisotopic (exact) mass is 555 g/mol. The van der Waals surface area contributed by atoms with Crippen LogP contribution in [-0.2, 0) is 14.4 Å². The highest BCUT2D eigenvalue weighted by Crippen LogP contribution is 2.50. The Kier molecular flexibility index (Phi) is 6.94. The van der Waals surface area contributed by atoms with Crippen molar-refractivity contribution in [2.75, 3.05) is 0 Å². The van der Waals surface area contributed by atoms with Crippen LogP contribution in [-0.4, -0.2) is 34.1 Å². The van der Waals surface area contributed by atoms with Crippen molar-refractivity contribution in [1.82, 2.24) is 10.2 Å². The van der Waals surface area contributed by atoms with E-state index in [1.807, 2.05) is 30.3 Å². The summed E-state index contributed by atoms with van der Waals surface area (Å²) in [6.45, 7) is 0. The van der Waals surface area contributed by atoms with Crippen molar-refractivity contribution in [3.05, 3.63) is 100 Å². The molecule has 37 heavy (non-hydrogen) atoms. The molecule has 2 aromatic carbocycles. The molecule has 2 amide bonds. The summed E-state index contributed by atoms with van der Waals surface area (Å²) in [7, 11) is 0. The topological polar surface area (TPSA) is 90.3 Å². The number of ketones is 1. The van der Waals surface area contributed by atoms with Gasteiger partial charge >= 0.3 is 0 Å². The molecule has 1 aliphatic heterocycles. The summed E-state index contributed by atoms with van der Waals surface area (Å²) in [5.74, 6) is -0.816. The highest BCUT2D eigenvalue weighted by atomic mass is 79.9. The number of hydrogen-bond donors (Lipinski definition) is 1. The van der Waals surface area contributed by atoms with Crippen LogP contribution in [0.5, 0.6) is 0 Å². The molecule has 3 aliphatic rings. The Hall–Kier alpha value is -3.76. The van der Waals surface area contributed by atoms with Crippen LogP contribution >= 0.6 is 15.9 Å². The number of carbonyl (C=O) groups is 3. The molecule has 2 aromatic rings. The van der Waals surface area contributed by atoms with Crippen molar-refractivity contribution in [1.29, 1.82) is 5.26 Å². The van der Waals surface area contributed by atoms with Gasteiger partial charge in [-0.2, -0.15) is 5.26 Å². The van der Waals surface area contributed by atoms with Crippen molar-refractivity contribution in [2.45, 2.75) is 49.7 Å². The van der Waals surface area contributed by atoms with Crippen LogP contribution in [0.25, 0.3) is 5.57 Å². The fraction of sp³-hybridized carbons (Fsp3) is 0.267. The lowest BCUT2D eigenvalue weighted by Gasteiger charge is -2.42. The fourth-order valence-electron chi connectivity index (χ4n) is 5.51. The number of amides is 2. The molecule has 2 aliphatic carbocycles. The van der Waals surface area contributed by atoms with Gasteiger partial charge in [0.25, 0.3) is 5.91 Å². The molecule has 186 valence electrons. The number of nitrogens with zero attached hydrogens (tertiary/aromatic N) is 2. The van der Waals surface area contributed by atoms with Crippen molar-refractivity contribution >= 4 is 39.1 Å². The summed E-state index contributed by atoms with van der Waals surface area (Å²) < 4.78 is 0.339. The lowest BCUT2D eigenvalue weighted by Crippen LogP contribution is -2.53. The maximum Gasteiger partial charge on any atom is 0.263 e. The fourth-order valence-corrected chi connectivity index (χ4v) is 6.25. The Morgan fingerprint density at radius 1 is 1.00 bits per heavy atom. The van der Waals surface area contributed by atoms with E-state index in [9.17, 15) is 19.6 Å². The van der Waals surface area contributed by atoms with Gasteiger partial charge in [-0.1, -0.05) is 61.7 Å². The molecule has 1 N–H and O–H groups in total. The number of hydrogen-bond acceptors (Lipinski definition) is 4. The highest BCUT2D eigenvalue weighted by molar-refractivity contribution is 9.12. The number of nitrogens with one attached hydrogen (secondary N) is 1. The maximum absolute atomic E-state index is 14.0. The van der Waals surface area contributed by atoms with Gasteiger partial charge < -0.3 is 10.2 Å². The second kappa shape index (κ2) is 10.3. The summed E-state index contributed by atoms with van der Waals surface area (Å²) in [5, 5.41) is 12.5. The van der Waals surface area contributed by atoms with E-state index < -0.39 is 11.6 Å². The molecule has 7 heteroatoms. The zero-order valence-corrected chi connectivity index (χ0v) is 21.8. The highest BCUT2D eigenvalue weighted by Gasteiger charge is 2.54. The summed E-state index contributed by atoms with van der Waals surface area (Å²) >= 11 is 3.55. The molecule has 1 atom stereocenters. The van der Waals surface area contributed by atoms with Crippen LogP contribution in [0.15, 0.2) is 83.4 Å². The third-order valence-electron chi connectivity index (χ3n) is 7.30. The van der Waals surface area contributed by atoms with E-state index >= 15 is 0 Å². The van der Waals surface area contributed by atoms with Gasteiger partial charge in [0, 0.05) is 11.6 Å². The number of benzene rings is 2. The minimum Gasteiger partial charge on any atom is -0.351 e. The number of halogens is 1. The SMILES string of the molecule is N#Cc1ccc(C(C(=O)NC2CCCCC2)N2C(=O)C(Br)=C(c3ccccc3)C23C=CC(=O)C=C3)cc1. The zero-order chi connectivity index (χ0) is 26.0. The van der Waals surface area contributed by atoms with E-state index in [0.29, 0.717) is 21.2 Å². The molecule has 1 fully saturated rings. The first-order valence-electron chi connectivity index (χ1n) is 12.5. The third-order valence-corrected chi connectivity index (χ3v) is 8.04. The van der Waals surface area contributed by atoms with Crippen LogP contribution in [0.2, 0.25) is 0 Å². The molecule has 1 saturated carbocycles. The molecule has 0 saturated heterocycles. The Bertz CT molecular complexity index is 1350. The Morgan fingerprint density at radius 2 is 1.65 bits per heavy atom. The summed E-state index contributed by atoms with van der Waals surface area (Å²) in [4.78, 5) is 41.8. The molecule has 0 bridgehead atoms. The van der Waals surface area contributed by atoms with Gasteiger partial charge in [-0.15, -0.1) is 0 Å². The predicted octanol–water partition coefficient (Wildman–Crippen LogP) is 5.13. The maximum atomic E-state index is 14.0. The summed E-state index contributed by atoms with van der Waals surface area (Å²) in [6, 6.07) is 17.4. The van der Waals surface area contributed by atoms with E-state index in [1.165, 1.54) is 12.2 Å². The van der Waals surface area contributed by atoms with Crippen LogP contribution in [0, 0.1) is 11.3 Å². The normalized spacial score (nSPS) is 19.8. The Morgan fingerprint density at radius 3 is 2.27 bits per heavy atom. The predicted molar refractivity (Wildman–Crippen MR) is 144 cm³/mol. The average molecular weight is 556 g/mol. The van der Waals surface area contributed by atoms with E-state index in [2.05, 4.69) is 27.3 Å². The molecular formula is C30H26BrN3O3. The van der Waals surface area contributed by atoms with Gasteiger partial charge in [0.1, 0.15) is 11.6 Å². The zero-order valence-electron chi connectivity index (χ0n) is 20.2. The molecule has 6 nitrogen and oxygen atoms in total. The van der Waals surface area contributed by atoms with Gasteiger partial charge in [-0.3, -0.25) is 14.4 Å². The van der Waals surface area contributed by atoms with Crippen molar-refractivity contribution in [3.63, 3.8) is 0 Å². The van der Waals surface area contributed by atoms with Crippen LogP contribution in [0.3, 0.4) is 0 Å². The smallest absolute Gasteiger partial charge is 0.263 e. The quantitative estimate of drug-likeness (QED) is 0.553. The van der Waals surface area contributed by atoms with E-state index in [0.717, 1.165) is 37.7 Å². The van der Waals surface area contributed by atoms with E-state index in [-0.39, 0.29) is 23.6 Å². The Balaban J connectivity index is 1.65. The minimum atomic E-state index is -1.16.